The van der Waals surface area contributed by atoms with Crippen LogP contribution in [-0.2, 0) is 15.9 Å². The third-order valence-electron chi connectivity index (χ3n) is 4.93. The summed E-state index contributed by atoms with van der Waals surface area (Å²) in [4.78, 5) is 0. The van der Waals surface area contributed by atoms with E-state index < -0.39 is 0 Å². The lowest BCUT2D eigenvalue weighted by molar-refractivity contribution is -0.196. The van der Waals surface area contributed by atoms with Crippen LogP contribution in [0.1, 0.15) is 50.7 Å². The first kappa shape index (κ1) is 16.6. The van der Waals surface area contributed by atoms with Gasteiger partial charge in [0.1, 0.15) is 0 Å². The largest absolute Gasteiger partial charge is 0.352 e. The van der Waals surface area contributed by atoms with Crippen LogP contribution in [0.15, 0.2) is 24.3 Å². The van der Waals surface area contributed by atoms with Crippen LogP contribution in [0.4, 0.5) is 0 Å². The van der Waals surface area contributed by atoms with Crippen LogP contribution < -0.4 is 0 Å². The molecule has 0 spiro atoms. The summed E-state index contributed by atoms with van der Waals surface area (Å²) < 4.78 is 11.4. The Balaban J connectivity index is 1.51. The molecular formula is C21H28O2. The molecule has 0 radical (unpaired) electrons. The highest BCUT2D eigenvalue weighted by atomic mass is 16.7. The Labute approximate surface area is 140 Å². The van der Waals surface area contributed by atoms with Crippen molar-refractivity contribution in [2.45, 2.75) is 52.2 Å². The number of benzene rings is 1. The Morgan fingerprint density at radius 1 is 0.913 bits per heavy atom. The molecule has 1 aliphatic heterocycles. The molecule has 1 heterocycles. The van der Waals surface area contributed by atoms with Crippen LogP contribution in [0.2, 0.25) is 0 Å². The normalized spacial score (nSPS) is 31.2. The highest BCUT2D eigenvalue weighted by Crippen LogP contribution is 2.27. The van der Waals surface area contributed by atoms with Crippen LogP contribution in [-0.4, -0.2) is 19.5 Å². The molecule has 1 saturated heterocycles. The van der Waals surface area contributed by atoms with Crippen LogP contribution in [0.25, 0.3) is 0 Å². The summed E-state index contributed by atoms with van der Waals surface area (Å²) in [5.74, 6) is 8.81. The van der Waals surface area contributed by atoms with Gasteiger partial charge in [0.05, 0.1) is 13.2 Å². The molecule has 0 amide bonds. The van der Waals surface area contributed by atoms with Gasteiger partial charge in [0.2, 0.25) is 0 Å². The highest BCUT2D eigenvalue weighted by Gasteiger charge is 2.19. The second-order valence-electron chi connectivity index (χ2n) is 7.33. The van der Waals surface area contributed by atoms with Gasteiger partial charge < -0.3 is 9.47 Å². The summed E-state index contributed by atoms with van der Waals surface area (Å²) in [6.45, 7) is 6.10. The van der Waals surface area contributed by atoms with Gasteiger partial charge in [-0.2, -0.15) is 0 Å². The van der Waals surface area contributed by atoms with Gasteiger partial charge in [-0.25, -0.2) is 0 Å². The summed E-state index contributed by atoms with van der Waals surface area (Å²) >= 11 is 0. The summed E-state index contributed by atoms with van der Waals surface area (Å²) in [6.07, 6.45) is 5.92. The SMILES string of the molecule is CC1CCC(C#Cc2ccc(CC3OCC(C)CO3)cc2)CC1. The van der Waals surface area contributed by atoms with Crippen molar-refractivity contribution in [3.8, 4) is 11.8 Å². The highest BCUT2D eigenvalue weighted by molar-refractivity contribution is 5.36. The maximum Gasteiger partial charge on any atom is 0.161 e. The lowest BCUT2D eigenvalue weighted by Gasteiger charge is -2.27. The third kappa shape index (κ3) is 5.09. The van der Waals surface area contributed by atoms with E-state index in [4.69, 9.17) is 9.47 Å². The second-order valence-corrected chi connectivity index (χ2v) is 7.33. The zero-order chi connectivity index (χ0) is 16.1. The molecule has 124 valence electrons. The predicted molar refractivity (Wildman–Crippen MR) is 93.0 cm³/mol. The van der Waals surface area contributed by atoms with Crippen LogP contribution in [0, 0.1) is 29.6 Å². The first-order valence-corrected chi connectivity index (χ1v) is 9.02. The molecule has 2 heteroatoms. The van der Waals surface area contributed by atoms with E-state index in [1.54, 1.807) is 0 Å². The van der Waals surface area contributed by atoms with Crippen molar-refractivity contribution in [1.82, 2.24) is 0 Å². The smallest absolute Gasteiger partial charge is 0.161 e. The van der Waals surface area contributed by atoms with E-state index in [1.165, 1.54) is 31.2 Å². The van der Waals surface area contributed by atoms with Gasteiger partial charge in [-0.05, 0) is 49.3 Å². The lowest BCUT2D eigenvalue weighted by Crippen LogP contribution is -2.31. The molecule has 1 aromatic carbocycles. The van der Waals surface area contributed by atoms with Gasteiger partial charge >= 0.3 is 0 Å². The minimum absolute atomic E-state index is 0.0904. The Kier molecular flexibility index (Phi) is 5.75. The number of rotatable bonds is 2. The molecule has 1 aliphatic carbocycles. The number of ether oxygens (including phenoxy) is 2. The molecule has 0 unspecified atom stereocenters. The summed E-state index contributed by atoms with van der Waals surface area (Å²) in [6, 6.07) is 8.55. The zero-order valence-corrected chi connectivity index (χ0v) is 14.4. The van der Waals surface area contributed by atoms with Crippen molar-refractivity contribution in [2.75, 3.05) is 13.2 Å². The zero-order valence-electron chi connectivity index (χ0n) is 14.4. The fourth-order valence-electron chi connectivity index (χ4n) is 3.26. The molecule has 1 saturated carbocycles. The van der Waals surface area contributed by atoms with Gasteiger partial charge in [0, 0.05) is 23.8 Å². The molecule has 2 aliphatic rings. The minimum Gasteiger partial charge on any atom is -0.352 e. The van der Waals surface area contributed by atoms with E-state index >= 15 is 0 Å². The van der Waals surface area contributed by atoms with Crippen molar-refractivity contribution >= 4 is 0 Å². The van der Waals surface area contributed by atoms with E-state index in [-0.39, 0.29) is 6.29 Å². The topological polar surface area (TPSA) is 18.5 Å². The van der Waals surface area contributed by atoms with Crippen molar-refractivity contribution in [3.63, 3.8) is 0 Å². The van der Waals surface area contributed by atoms with E-state index in [0.29, 0.717) is 11.8 Å². The van der Waals surface area contributed by atoms with Crippen LogP contribution >= 0.6 is 0 Å². The third-order valence-corrected chi connectivity index (χ3v) is 4.93. The fourth-order valence-corrected chi connectivity index (χ4v) is 3.26. The van der Waals surface area contributed by atoms with E-state index in [1.807, 2.05) is 0 Å². The van der Waals surface area contributed by atoms with Crippen LogP contribution in [0.5, 0.6) is 0 Å². The van der Waals surface area contributed by atoms with Crippen molar-refractivity contribution < 1.29 is 9.47 Å². The minimum atomic E-state index is -0.0904. The standard InChI is InChI=1S/C21H28O2/c1-16-3-5-18(6-4-16)7-8-19-9-11-20(12-10-19)13-21-22-14-17(2)15-23-21/h9-12,16-18,21H,3-6,13-15H2,1-2H3. The Bertz CT molecular complexity index is 535. The number of hydrogen-bond acceptors (Lipinski definition) is 2. The van der Waals surface area contributed by atoms with Gasteiger partial charge in [0.15, 0.2) is 6.29 Å². The molecular weight excluding hydrogens is 284 g/mol. The molecule has 2 fully saturated rings. The monoisotopic (exact) mass is 312 g/mol. The molecule has 2 nitrogen and oxygen atoms in total. The predicted octanol–water partition coefficient (Wildman–Crippen LogP) is 4.42. The molecule has 1 aromatic rings. The maximum atomic E-state index is 5.71. The van der Waals surface area contributed by atoms with Gasteiger partial charge in [0.25, 0.3) is 0 Å². The molecule has 3 rings (SSSR count). The van der Waals surface area contributed by atoms with E-state index in [0.717, 1.165) is 31.1 Å². The first-order valence-electron chi connectivity index (χ1n) is 9.02. The molecule has 0 aromatic heterocycles. The molecule has 0 bridgehead atoms. The van der Waals surface area contributed by atoms with E-state index in [9.17, 15) is 0 Å². The maximum absolute atomic E-state index is 5.71. The Hall–Kier alpha value is -1.30. The number of hydrogen-bond donors (Lipinski definition) is 0. The molecule has 0 N–H and O–H groups in total. The first-order chi connectivity index (χ1) is 11.2. The van der Waals surface area contributed by atoms with E-state index in [2.05, 4.69) is 50.0 Å². The average molecular weight is 312 g/mol. The fraction of sp³-hybridized carbons (Fsp3) is 0.619. The summed E-state index contributed by atoms with van der Waals surface area (Å²) in [7, 11) is 0. The molecule has 23 heavy (non-hydrogen) atoms. The summed E-state index contributed by atoms with van der Waals surface area (Å²) in [5, 5.41) is 0. The quantitative estimate of drug-likeness (QED) is 0.753. The summed E-state index contributed by atoms with van der Waals surface area (Å²) in [5.41, 5.74) is 2.37. The lowest BCUT2D eigenvalue weighted by atomic mass is 9.83. The van der Waals surface area contributed by atoms with Crippen molar-refractivity contribution in [1.29, 1.82) is 0 Å². The van der Waals surface area contributed by atoms with Crippen LogP contribution in [0.3, 0.4) is 0 Å². The Morgan fingerprint density at radius 2 is 1.57 bits per heavy atom. The average Bonchev–Trinajstić information content (AvgIpc) is 2.58. The van der Waals surface area contributed by atoms with Crippen molar-refractivity contribution in [2.24, 2.45) is 17.8 Å². The van der Waals surface area contributed by atoms with Gasteiger partial charge in [-0.3, -0.25) is 0 Å². The van der Waals surface area contributed by atoms with Crippen molar-refractivity contribution in [3.05, 3.63) is 35.4 Å². The molecule has 0 atom stereocenters. The van der Waals surface area contributed by atoms with Gasteiger partial charge in [-0.15, -0.1) is 0 Å². The Morgan fingerprint density at radius 3 is 2.22 bits per heavy atom. The van der Waals surface area contributed by atoms with Gasteiger partial charge in [-0.1, -0.05) is 37.8 Å². The second kappa shape index (κ2) is 7.99.